The van der Waals surface area contributed by atoms with E-state index in [4.69, 9.17) is 9.47 Å². The highest BCUT2D eigenvalue weighted by atomic mass is 19.1. The van der Waals surface area contributed by atoms with Crippen molar-refractivity contribution >= 4 is 11.7 Å². The molecule has 2 aromatic rings. The number of halogens is 1. The molecule has 0 saturated carbocycles. The van der Waals surface area contributed by atoms with E-state index in [1.807, 2.05) is 36.1 Å². The molecule has 1 amide bonds. The van der Waals surface area contributed by atoms with Gasteiger partial charge in [-0.2, -0.15) is 0 Å². The van der Waals surface area contributed by atoms with E-state index in [1.54, 1.807) is 12.1 Å². The molecule has 2 aliphatic heterocycles. The van der Waals surface area contributed by atoms with Gasteiger partial charge in [-0.25, -0.2) is 4.39 Å². The van der Waals surface area contributed by atoms with Crippen molar-refractivity contribution in [2.24, 2.45) is 0 Å². The minimum Gasteiger partial charge on any atom is -0.379 e. The molecule has 0 aliphatic carbocycles. The Morgan fingerprint density at radius 2 is 1.75 bits per heavy atom. The molecule has 2 aliphatic rings. The number of Topliss-reactive ketones (excluding diaryl/α,β-unsaturated/α-hetero) is 1. The fraction of sp³-hybridized carbons (Fsp3) is 0.360. The summed E-state index contributed by atoms with van der Waals surface area (Å²) in [6, 6.07) is 13.7. The second-order valence-corrected chi connectivity index (χ2v) is 8.11. The first kappa shape index (κ1) is 22.3. The van der Waals surface area contributed by atoms with Gasteiger partial charge in [-0.3, -0.25) is 14.5 Å². The highest BCUT2D eigenvalue weighted by molar-refractivity contribution is 6.08. The molecule has 1 atom stereocenters. The summed E-state index contributed by atoms with van der Waals surface area (Å²) in [4.78, 5) is 28.4. The molecule has 0 aromatic heterocycles. The molecule has 1 saturated heterocycles. The summed E-state index contributed by atoms with van der Waals surface area (Å²) in [5.41, 5.74) is 3.43. The standard InChI is InChI=1S/C25H27FN2O4/c1-17-2-4-18(5-3-17)14-27-25(30)23-21(22(29)15-28-10-12-31-13-11-28)16-32-24(23)19-6-8-20(26)9-7-19/h2-9,24H,10-16H2,1H3,(H,27,30). The van der Waals surface area contributed by atoms with Crippen molar-refractivity contribution in [1.82, 2.24) is 10.2 Å². The Balaban J connectivity index is 1.56. The van der Waals surface area contributed by atoms with Crippen LogP contribution in [0.15, 0.2) is 59.7 Å². The van der Waals surface area contributed by atoms with E-state index < -0.39 is 6.10 Å². The van der Waals surface area contributed by atoms with E-state index >= 15 is 0 Å². The number of hydrogen-bond donors (Lipinski definition) is 1. The Kier molecular flexibility index (Phi) is 7.09. The number of morpholine rings is 1. The minimum atomic E-state index is -0.711. The van der Waals surface area contributed by atoms with Gasteiger partial charge in [-0.05, 0) is 30.2 Å². The summed E-state index contributed by atoms with van der Waals surface area (Å²) in [5, 5.41) is 2.92. The Morgan fingerprint density at radius 1 is 1.06 bits per heavy atom. The van der Waals surface area contributed by atoms with Gasteiger partial charge in [0.1, 0.15) is 11.9 Å². The molecule has 1 N–H and O–H groups in total. The second kappa shape index (κ2) is 10.2. The lowest BCUT2D eigenvalue weighted by Gasteiger charge is -2.26. The maximum absolute atomic E-state index is 13.4. The van der Waals surface area contributed by atoms with Gasteiger partial charge in [0.2, 0.25) is 0 Å². The van der Waals surface area contributed by atoms with Crippen molar-refractivity contribution in [3.05, 3.63) is 82.2 Å². The van der Waals surface area contributed by atoms with Crippen LogP contribution in [0, 0.1) is 12.7 Å². The van der Waals surface area contributed by atoms with Gasteiger partial charge < -0.3 is 14.8 Å². The van der Waals surface area contributed by atoms with Crippen LogP contribution in [0.3, 0.4) is 0 Å². The highest BCUT2D eigenvalue weighted by Crippen LogP contribution is 2.35. The van der Waals surface area contributed by atoms with Crippen LogP contribution in [0.2, 0.25) is 0 Å². The number of rotatable bonds is 7. The average molecular weight is 438 g/mol. The topological polar surface area (TPSA) is 67.9 Å². The fourth-order valence-electron chi connectivity index (χ4n) is 3.91. The van der Waals surface area contributed by atoms with Crippen molar-refractivity contribution < 1.29 is 23.5 Å². The molecule has 1 unspecified atom stereocenters. The number of amides is 1. The lowest BCUT2D eigenvalue weighted by atomic mass is 9.96. The van der Waals surface area contributed by atoms with Crippen LogP contribution in [-0.2, 0) is 25.6 Å². The molecule has 0 spiro atoms. The van der Waals surface area contributed by atoms with Gasteiger partial charge in [0.25, 0.3) is 5.91 Å². The van der Waals surface area contributed by atoms with E-state index in [0.717, 1.165) is 11.1 Å². The van der Waals surface area contributed by atoms with E-state index in [9.17, 15) is 14.0 Å². The molecule has 0 bridgehead atoms. The zero-order valence-electron chi connectivity index (χ0n) is 18.1. The van der Waals surface area contributed by atoms with Crippen molar-refractivity contribution in [3.8, 4) is 0 Å². The Hall–Kier alpha value is -2.87. The van der Waals surface area contributed by atoms with Gasteiger partial charge in [0.15, 0.2) is 5.78 Å². The summed E-state index contributed by atoms with van der Waals surface area (Å²) in [5.74, 6) is -0.843. The highest BCUT2D eigenvalue weighted by Gasteiger charge is 2.36. The van der Waals surface area contributed by atoms with Crippen molar-refractivity contribution in [3.63, 3.8) is 0 Å². The number of nitrogens with one attached hydrogen (secondary N) is 1. The van der Waals surface area contributed by atoms with Crippen LogP contribution < -0.4 is 5.32 Å². The molecule has 168 valence electrons. The molecule has 7 heteroatoms. The number of nitrogens with zero attached hydrogens (tertiary/aromatic N) is 1. The van der Waals surface area contributed by atoms with Gasteiger partial charge >= 0.3 is 0 Å². The van der Waals surface area contributed by atoms with Crippen LogP contribution in [0.1, 0.15) is 22.8 Å². The Morgan fingerprint density at radius 3 is 2.44 bits per heavy atom. The summed E-state index contributed by atoms with van der Waals surface area (Å²) >= 11 is 0. The van der Waals surface area contributed by atoms with Gasteiger partial charge in [0.05, 0.1) is 31.9 Å². The third kappa shape index (κ3) is 5.30. The average Bonchev–Trinajstić information content (AvgIpc) is 3.25. The fourth-order valence-corrected chi connectivity index (χ4v) is 3.91. The monoisotopic (exact) mass is 438 g/mol. The molecule has 2 aromatic carbocycles. The molecule has 6 nitrogen and oxygen atoms in total. The first-order valence-corrected chi connectivity index (χ1v) is 10.8. The lowest BCUT2D eigenvalue weighted by molar-refractivity contribution is -0.120. The third-order valence-corrected chi connectivity index (χ3v) is 5.78. The number of ketones is 1. The molecule has 4 rings (SSSR count). The Labute approximate surface area is 187 Å². The number of carbonyl (C=O) groups excluding carboxylic acids is 2. The van der Waals surface area contributed by atoms with Crippen molar-refractivity contribution in [2.45, 2.75) is 19.6 Å². The van der Waals surface area contributed by atoms with Crippen molar-refractivity contribution in [2.75, 3.05) is 39.5 Å². The number of benzene rings is 2. The summed E-state index contributed by atoms with van der Waals surface area (Å²) in [6.07, 6.45) is -0.711. The van der Waals surface area contributed by atoms with Crippen LogP contribution in [0.4, 0.5) is 4.39 Å². The number of ether oxygens (including phenoxy) is 2. The summed E-state index contributed by atoms with van der Waals surface area (Å²) in [7, 11) is 0. The molecule has 2 heterocycles. The molecular weight excluding hydrogens is 411 g/mol. The van der Waals surface area contributed by atoms with E-state index in [-0.39, 0.29) is 30.7 Å². The van der Waals surface area contributed by atoms with Gasteiger partial charge in [0, 0.05) is 25.2 Å². The van der Waals surface area contributed by atoms with E-state index in [0.29, 0.717) is 49.6 Å². The van der Waals surface area contributed by atoms with E-state index in [1.165, 1.54) is 12.1 Å². The van der Waals surface area contributed by atoms with Crippen molar-refractivity contribution in [1.29, 1.82) is 0 Å². The van der Waals surface area contributed by atoms with Gasteiger partial charge in [-0.1, -0.05) is 42.0 Å². The van der Waals surface area contributed by atoms with Crippen LogP contribution in [0.25, 0.3) is 0 Å². The SMILES string of the molecule is Cc1ccc(CNC(=O)C2=C(C(=O)CN3CCOCC3)COC2c2ccc(F)cc2)cc1. The molecular formula is C25H27FN2O4. The molecule has 0 radical (unpaired) electrons. The number of hydrogen-bond acceptors (Lipinski definition) is 5. The zero-order valence-corrected chi connectivity index (χ0v) is 18.1. The maximum atomic E-state index is 13.4. The van der Waals surface area contributed by atoms with E-state index in [2.05, 4.69) is 5.32 Å². The number of carbonyl (C=O) groups is 2. The molecule has 1 fully saturated rings. The summed E-state index contributed by atoms with van der Waals surface area (Å²) < 4.78 is 24.7. The number of aryl methyl sites for hydroxylation is 1. The van der Waals surface area contributed by atoms with Gasteiger partial charge in [-0.15, -0.1) is 0 Å². The first-order chi connectivity index (χ1) is 15.5. The minimum absolute atomic E-state index is 0.0541. The van der Waals surface area contributed by atoms with Crippen LogP contribution in [0.5, 0.6) is 0 Å². The largest absolute Gasteiger partial charge is 0.379 e. The smallest absolute Gasteiger partial charge is 0.250 e. The maximum Gasteiger partial charge on any atom is 0.250 e. The Bertz CT molecular complexity index is 996. The molecule has 32 heavy (non-hydrogen) atoms. The van der Waals surface area contributed by atoms with Crippen LogP contribution in [-0.4, -0.2) is 56.0 Å². The predicted octanol–water partition coefficient (Wildman–Crippen LogP) is 2.72. The summed E-state index contributed by atoms with van der Waals surface area (Å²) in [6.45, 7) is 5.14. The first-order valence-electron chi connectivity index (χ1n) is 10.8. The zero-order chi connectivity index (χ0) is 22.5. The predicted molar refractivity (Wildman–Crippen MR) is 117 cm³/mol. The second-order valence-electron chi connectivity index (χ2n) is 8.11. The normalized spacial score (nSPS) is 19.2. The quantitative estimate of drug-likeness (QED) is 0.720. The third-order valence-electron chi connectivity index (χ3n) is 5.78. The lowest BCUT2D eigenvalue weighted by Crippen LogP contribution is -2.40. The van der Waals surface area contributed by atoms with Crippen LogP contribution >= 0.6 is 0 Å².